The molecule has 180 valence electrons. The van der Waals surface area contributed by atoms with E-state index in [0.717, 1.165) is 48.3 Å². The first kappa shape index (κ1) is 23.9. The minimum Gasteiger partial charge on any atom is -0.377 e. The fraction of sp³-hybridized carbons (Fsp3) is 0.429. The highest BCUT2D eigenvalue weighted by atomic mass is 16.2. The van der Waals surface area contributed by atoms with E-state index in [-0.39, 0.29) is 6.03 Å². The molecule has 0 radical (unpaired) electrons. The quantitative estimate of drug-likeness (QED) is 0.392. The number of rotatable bonds is 7. The number of fused-ring (bicyclic) bond motifs is 1. The fourth-order valence-corrected chi connectivity index (χ4v) is 4.84. The highest BCUT2D eigenvalue weighted by Crippen LogP contribution is 2.30. The van der Waals surface area contributed by atoms with Gasteiger partial charge >= 0.3 is 6.03 Å². The number of aromatic nitrogens is 1. The third-order valence-corrected chi connectivity index (χ3v) is 6.76. The van der Waals surface area contributed by atoms with Gasteiger partial charge in [0.25, 0.3) is 0 Å². The molecule has 0 aliphatic heterocycles. The molecule has 6 heteroatoms. The number of pyridine rings is 1. The Labute approximate surface area is 203 Å². The third kappa shape index (κ3) is 5.79. The van der Waals surface area contributed by atoms with E-state index in [0.29, 0.717) is 24.4 Å². The Morgan fingerprint density at radius 2 is 1.74 bits per heavy atom. The number of carbonyl (C=O) groups excluding carboxylic acids is 1. The van der Waals surface area contributed by atoms with E-state index in [9.17, 15) is 4.79 Å². The summed E-state index contributed by atoms with van der Waals surface area (Å²) < 4.78 is 0. The van der Waals surface area contributed by atoms with E-state index in [4.69, 9.17) is 4.98 Å². The summed E-state index contributed by atoms with van der Waals surface area (Å²) in [5.41, 5.74) is 4.24. The van der Waals surface area contributed by atoms with Gasteiger partial charge in [0.2, 0.25) is 0 Å². The first-order valence-electron chi connectivity index (χ1n) is 12.4. The van der Waals surface area contributed by atoms with Gasteiger partial charge in [-0.05, 0) is 55.2 Å². The minimum absolute atomic E-state index is 0.120. The van der Waals surface area contributed by atoms with E-state index in [1.807, 2.05) is 24.3 Å². The van der Waals surface area contributed by atoms with Crippen LogP contribution in [0.5, 0.6) is 0 Å². The Morgan fingerprint density at radius 1 is 1.03 bits per heavy atom. The molecule has 1 aliphatic rings. The molecule has 0 spiro atoms. The molecule has 4 rings (SSSR count). The molecule has 0 saturated heterocycles. The van der Waals surface area contributed by atoms with Crippen LogP contribution in [0.4, 0.5) is 22.0 Å². The van der Waals surface area contributed by atoms with E-state index in [2.05, 4.69) is 79.1 Å². The number of nitrogens with one attached hydrogen (secondary N) is 3. The van der Waals surface area contributed by atoms with E-state index < -0.39 is 0 Å². The lowest BCUT2D eigenvalue weighted by Gasteiger charge is -2.30. The lowest BCUT2D eigenvalue weighted by molar-refractivity contribution is 0.246. The van der Waals surface area contributed by atoms with E-state index in [1.54, 1.807) is 0 Å². The van der Waals surface area contributed by atoms with Crippen molar-refractivity contribution in [1.29, 1.82) is 0 Å². The van der Waals surface area contributed by atoms with Gasteiger partial charge in [-0.15, -0.1) is 0 Å². The highest BCUT2D eigenvalue weighted by molar-refractivity contribution is 5.93. The van der Waals surface area contributed by atoms with Crippen molar-refractivity contribution in [3.05, 3.63) is 60.2 Å². The van der Waals surface area contributed by atoms with Crippen LogP contribution >= 0.6 is 0 Å². The summed E-state index contributed by atoms with van der Waals surface area (Å²) in [6, 6.07) is 18.7. The molecule has 2 amide bonds. The Morgan fingerprint density at radius 3 is 2.47 bits per heavy atom. The van der Waals surface area contributed by atoms with Crippen LogP contribution < -0.4 is 20.9 Å². The van der Waals surface area contributed by atoms with Crippen molar-refractivity contribution < 1.29 is 4.79 Å². The summed E-state index contributed by atoms with van der Waals surface area (Å²) in [5, 5.41) is 10.9. The van der Waals surface area contributed by atoms with Crippen LogP contribution in [-0.2, 0) is 0 Å². The maximum absolute atomic E-state index is 12.5. The number of anilines is 3. The van der Waals surface area contributed by atoms with Gasteiger partial charge in [-0.1, -0.05) is 50.2 Å². The summed E-state index contributed by atoms with van der Waals surface area (Å²) in [4.78, 5) is 19.5. The summed E-state index contributed by atoms with van der Waals surface area (Å²) in [6.07, 6.45) is 4.34. The zero-order valence-corrected chi connectivity index (χ0v) is 20.8. The van der Waals surface area contributed by atoms with Gasteiger partial charge in [0.15, 0.2) is 0 Å². The van der Waals surface area contributed by atoms with Crippen molar-refractivity contribution in [1.82, 2.24) is 10.3 Å². The zero-order valence-electron chi connectivity index (χ0n) is 20.8. The zero-order chi connectivity index (χ0) is 24.1. The Kier molecular flexibility index (Phi) is 7.56. The van der Waals surface area contributed by atoms with Gasteiger partial charge in [0, 0.05) is 49.5 Å². The molecule has 3 N–H and O–H groups in total. The number of benzene rings is 2. The molecule has 1 aliphatic carbocycles. The molecular formula is C28H37N5O. The van der Waals surface area contributed by atoms with Gasteiger partial charge in [0.05, 0.1) is 5.52 Å². The Bertz CT molecular complexity index is 1120. The van der Waals surface area contributed by atoms with Gasteiger partial charge < -0.3 is 20.9 Å². The molecule has 1 aromatic heterocycles. The van der Waals surface area contributed by atoms with E-state index >= 15 is 0 Å². The topological polar surface area (TPSA) is 69.3 Å². The normalized spacial score (nSPS) is 18.0. The summed E-state index contributed by atoms with van der Waals surface area (Å²) in [7, 11) is 4.14. The van der Waals surface area contributed by atoms with Crippen LogP contribution in [0.15, 0.2) is 54.6 Å². The van der Waals surface area contributed by atoms with Crippen molar-refractivity contribution in [3.8, 4) is 0 Å². The number of hydrogen-bond acceptors (Lipinski definition) is 4. The first-order valence-corrected chi connectivity index (χ1v) is 12.4. The van der Waals surface area contributed by atoms with Crippen molar-refractivity contribution in [2.75, 3.05) is 36.2 Å². The van der Waals surface area contributed by atoms with Gasteiger partial charge in [0.1, 0.15) is 5.82 Å². The molecule has 0 bridgehead atoms. The maximum Gasteiger partial charge on any atom is 0.319 e. The lowest BCUT2D eigenvalue weighted by atomic mass is 9.86. The smallest absolute Gasteiger partial charge is 0.319 e. The van der Waals surface area contributed by atoms with Gasteiger partial charge in [-0.25, -0.2) is 9.78 Å². The molecule has 3 aromatic rings. The molecule has 0 unspecified atom stereocenters. The number of amides is 2. The van der Waals surface area contributed by atoms with Crippen LogP contribution in [-0.4, -0.2) is 37.7 Å². The predicted octanol–water partition coefficient (Wildman–Crippen LogP) is 6.22. The fourth-order valence-electron chi connectivity index (χ4n) is 4.84. The Balaban J connectivity index is 1.28. The number of carbonyl (C=O) groups is 1. The third-order valence-electron chi connectivity index (χ3n) is 6.76. The van der Waals surface area contributed by atoms with Crippen LogP contribution in [0, 0.1) is 5.92 Å². The van der Waals surface area contributed by atoms with Crippen LogP contribution in [0.1, 0.15) is 51.0 Å². The lowest BCUT2D eigenvalue weighted by Crippen LogP contribution is -2.36. The van der Waals surface area contributed by atoms with Crippen molar-refractivity contribution >= 4 is 34.1 Å². The van der Waals surface area contributed by atoms with Crippen molar-refractivity contribution in [3.63, 3.8) is 0 Å². The monoisotopic (exact) mass is 459 g/mol. The van der Waals surface area contributed by atoms with Crippen LogP contribution in [0.3, 0.4) is 0 Å². The summed E-state index contributed by atoms with van der Waals surface area (Å²) in [5.74, 6) is 1.81. The molecule has 0 atom stereocenters. The molecule has 1 heterocycles. The van der Waals surface area contributed by atoms with E-state index in [1.165, 1.54) is 11.1 Å². The second kappa shape index (κ2) is 10.8. The average molecular weight is 460 g/mol. The predicted molar refractivity (Wildman–Crippen MR) is 143 cm³/mol. The number of para-hydroxylation sites is 2. The van der Waals surface area contributed by atoms with Gasteiger partial charge in [-0.2, -0.15) is 0 Å². The summed E-state index contributed by atoms with van der Waals surface area (Å²) >= 11 is 0. The molecule has 6 nitrogen and oxygen atoms in total. The maximum atomic E-state index is 12.5. The second-order valence-corrected chi connectivity index (χ2v) is 9.88. The molecule has 1 fully saturated rings. The Hall–Kier alpha value is -3.28. The number of nitrogens with zero attached hydrogens (tertiary/aromatic N) is 2. The van der Waals surface area contributed by atoms with Crippen LogP contribution in [0.2, 0.25) is 0 Å². The molecule has 1 saturated carbocycles. The number of hydrogen-bond donors (Lipinski definition) is 3. The van der Waals surface area contributed by atoms with Crippen LogP contribution in [0.25, 0.3) is 10.9 Å². The second-order valence-electron chi connectivity index (χ2n) is 9.88. The molecular weight excluding hydrogens is 422 g/mol. The standard InChI is InChI=1S/C28H37N5O/c1-19(2)22-9-5-7-11-24(22)32-28(34)29-18-20-13-15-21(16-14-20)30-27-17-26(33(3)4)23-10-6-8-12-25(23)31-27/h5-12,17,19-21H,13-16,18H2,1-4H3,(H,30,31)(H2,29,32,34). The first-order chi connectivity index (χ1) is 16.4. The number of urea groups is 1. The highest BCUT2D eigenvalue weighted by Gasteiger charge is 2.22. The largest absolute Gasteiger partial charge is 0.377 e. The van der Waals surface area contributed by atoms with Gasteiger partial charge in [-0.3, -0.25) is 0 Å². The molecule has 2 aromatic carbocycles. The molecule has 34 heavy (non-hydrogen) atoms. The SMILES string of the molecule is CC(C)c1ccccc1NC(=O)NCC1CCC(Nc2cc(N(C)C)c3ccccc3n2)CC1. The minimum atomic E-state index is -0.120. The van der Waals surface area contributed by atoms with Crippen molar-refractivity contribution in [2.24, 2.45) is 5.92 Å². The van der Waals surface area contributed by atoms with Crippen molar-refractivity contribution in [2.45, 2.75) is 51.5 Å². The summed E-state index contributed by atoms with van der Waals surface area (Å²) in [6.45, 7) is 4.99. The average Bonchev–Trinajstić information content (AvgIpc) is 2.83.